The predicted molar refractivity (Wildman–Crippen MR) is 69.2 cm³/mol. The molecule has 4 nitrogen and oxygen atoms in total. The van der Waals surface area contributed by atoms with Crippen molar-refractivity contribution >= 4 is 30.0 Å². The topological polar surface area (TPSA) is 65.2 Å². The predicted octanol–water partition coefficient (Wildman–Crippen LogP) is 2.36. The minimum atomic E-state index is -0.846. The van der Waals surface area contributed by atoms with Crippen LogP contribution in [0.15, 0.2) is 18.3 Å². The number of pyridine rings is 1. The van der Waals surface area contributed by atoms with Crippen molar-refractivity contribution in [3.05, 3.63) is 29.0 Å². The lowest BCUT2D eigenvalue weighted by atomic mass is 9.81. The highest BCUT2D eigenvalue weighted by Crippen LogP contribution is 2.34. The van der Waals surface area contributed by atoms with Gasteiger partial charge in [-0.3, -0.25) is 4.79 Å². The summed E-state index contributed by atoms with van der Waals surface area (Å²) in [5.74, 6) is -0.375. The van der Waals surface area contributed by atoms with Crippen molar-refractivity contribution in [3.8, 4) is 0 Å². The fourth-order valence-corrected chi connectivity index (χ4v) is 1.65. The summed E-state index contributed by atoms with van der Waals surface area (Å²) in [6, 6.07) is 2.93. The Morgan fingerprint density at radius 3 is 2.65 bits per heavy atom. The molecule has 0 unspecified atom stereocenters. The molecule has 0 saturated heterocycles. The van der Waals surface area contributed by atoms with Gasteiger partial charge in [0.25, 0.3) is 0 Å². The summed E-state index contributed by atoms with van der Waals surface area (Å²) in [5, 5.41) is 0.312. The van der Waals surface area contributed by atoms with E-state index >= 15 is 0 Å². The first-order valence-electron chi connectivity index (χ1n) is 4.85. The van der Waals surface area contributed by atoms with Gasteiger partial charge in [0.2, 0.25) is 0 Å². The van der Waals surface area contributed by atoms with Crippen molar-refractivity contribution in [3.63, 3.8) is 0 Å². The highest BCUT2D eigenvalue weighted by atomic mass is 35.5. The number of carbonyl (C=O) groups is 1. The van der Waals surface area contributed by atoms with E-state index in [9.17, 15) is 4.79 Å². The summed E-state index contributed by atoms with van der Waals surface area (Å²) < 4.78 is 4.72. The molecular weight excluding hydrogens is 263 g/mol. The SMILES string of the molecule is COC(=O)C(C)(C)[C@@H](N)c1cccnc1Cl.Cl. The van der Waals surface area contributed by atoms with Crippen LogP contribution in [0.4, 0.5) is 0 Å². The molecule has 0 fully saturated rings. The van der Waals surface area contributed by atoms with Gasteiger partial charge in [0.05, 0.1) is 12.5 Å². The van der Waals surface area contributed by atoms with Crippen LogP contribution in [0.3, 0.4) is 0 Å². The lowest BCUT2D eigenvalue weighted by Gasteiger charge is -2.29. The molecule has 1 aromatic rings. The van der Waals surface area contributed by atoms with Gasteiger partial charge in [-0.1, -0.05) is 17.7 Å². The third-order valence-corrected chi connectivity index (χ3v) is 2.93. The van der Waals surface area contributed by atoms with E-state index in [1.807, 2.05) is 0 Å². The Morgan fingerprint density at radius 1 is 1.59 bits per heavy atom. The summed E-state index contributed by atoms with van der Waals surface area (Å²) in [6.07, 6.45) is 1.57. The van der Waals surface area contributed by atoms with Gasteiger partial charge in [-0.25, -0.2) is 4.98 Å². The van der Waals surface area contributed by atoms with Gasteiger partial charge in [0.1, 0.15) is 5.15 Å². The zero-order valence-electron chi connectivity index (χ0n) is 9.94. The zero-order valence-corrected chi connectivity index (χ0v) is 11.5. The van der Waals surface area contributed by atoms with Crippen molar-refractivity contribution < 1.29 is 9.53 Å². The molecular formula is C11H16Cl2N2O2. The molecule has 0 spiro atoms. The molecule has 1 rings (SSSR count). The maximum atomic E-state index is 11.6. The average Bonchev–Trinajstić information content (AvgIpc) is 2.27. The second-order valence-electron chi connectivity index (χ2n) is 4.07. The lowest BCUT2D eigenvalue weighted by molar-refractivity contribution is -0.152. The standard InChI is InChI=1S/C11H15ClN2O2.ClH/c1-11(2,10(15)16-3)8(13)7-5-4-6-14-9(7)12;/h4-6,8H,13H2,1-3H3;1H/t8-;/m0./s1. The number of ether oxygens (including phenoxy) is 1. The molecule has 0 aliphatic heterocycles. The van der Waals surface area contributed by atoms with Crippen LogP contribution >= 0.6 is 24.0 Å². The first-order chi connectivity index (χ1) is 7.41. The molecule has 6 heteroatoms. The second kappa shape index (κ2) is 6.19. The van der Waals surface area contributed by atoms with Crippen molar-refractivity contribution in [2.75, 3.05) is 7.11 Å². The number of aromatic nitrogens is 1. The normalized spacial score (nSPS) is 12.5. The quantitative estimate of drug-likeness (QED) is 0.681. The van der Waals surface area contributed by atoms with E-state index in [4.69, 9.17) is 22.1 Å². The molecule has 0 saturated carbocycles. The van der Waals surface area contributed by atoms with Gasteiger partial charge >= 0.3 is 5.97 Å². The Morgan fingerprint density at radius 2 is 2.18 bits per heavy atom. The minimum Gasteiger partial charge on any atom is -0.469 e. The van der Waals surface area contributed by atoms with Crippen molar-refractivity contribution in [2.24, 2.45) is 11.1 Å². The average molecular weight is 279 g/mol. The van der Waals surface area contributed by atoms with Crippen LogP contribution in [0.1, 0.15) is 25.5 Å². The maximum Gasteiger partial charge on any atom is 0.313 e. The van der Waals surface area contributed by atoms with Crippen LogP contribution in [-0.4, -0.2) is 18.1 Å². The van der Waals surface area contributed by atoms with Gasteiger partial charge in [-0.2, -0.15) is 0 Å². The molecule has 0 amide bonds. The number of hydrogen-bond acceptors (Lipinski definition) is 4. The molecule has 96 valence electrons. The monoisotopic (exact) mass is 278 g/mol. The number of halogens is 2. The smallest absolute Gasteiger partial charge is 0.313 e. The summed E-state index contributed by atoms with van der Waals surface area (Å²) in [6.45, 7) is 3.43. The van der Waals surface area contributed by atoms with E-state index in [-0.39, 0.29) is 18.4 Å². The number of methoxy groups -OCH3 is 1. The molecule has 1 heterocycles. The lowest BCUT2D eigenvalue weighted by Crippen LogP contribution is -2.37. The van der Waals surface area contributed by atoms with Crippen LogP contribution in [-0.2, 0) is 9.53 Å². The molecule has 17 heavy (non-hydrogen) atoms. The first-order valence-corrected chi connectivity index (χ1v) is 5.23. The summed E-state index contributed by atoms with van der Waals surface area (Å²) >= 11 is 5.93. The second-order valence-corrected chi connectivity index (χ2v) is 4.43. The highest BCUT2D eigenvalue weighted by molar-refractivity contribution is 6.30. The van der Waals surface area contributed by atoms with Crippen LogP contribution in [0.5, 0.6) is 0 Å². The molecule has 0 aliphatic carbocycles. The number of carbonyl (C=O) groups excluding carboxylic acids is 1. The Balaban J connectivity index is 0.00000256. The molecule has 0 bridgehead atoms. The van der Waals surface area contributed by atoms with Crippen LogP contribution < -0.4 is 5.73 Å². The molecule has 2 N–H and O–H groups in total. The van der Waals surface area contributed by atoms with Crippen molar-refractivity contribution in [1.29, 1.82) is 0 Å². The Hall–Kier alpha value is -0.840. The number of esters is 1. The Labute approximate surface area is 112 Å². The van der Waals surface area contributed by atoms with E-state index in [0.29, 0.717) is 10.7 Å². The van der Waals surface area contributed by atoms with Crippen LogP contribution in [0.25, 0.3) is 0 Å². The van der Waals surface area contributed by atoms with Crippen molar-refractivity contribution in [1.82, 2.24) is 4.98 Å². The highest BCUT2D eigenvalue weighted by Gasteiger charge is 2.37. The third kappa shape index (κ3) is 3.31. The van der Waals surface area contributed by atoms with Gasteiger partial charge in [0, 0.05) is 17.8 Å². The number of hydrogen-bond donors (Lipinski definition) is 1. The third-order valence-electron chi connectivity index (χ3n) is 2.61. The van der Waals surface area contributed by atoms with E-state index in [2.05, 4.69) is 4.98 Å². The van der Waals surface area contributed by atoms with Crippen molar-refractivity contribution in [2.45, 2.75) is 19.9 Å². The van der Waals surface area contributed by atoms with E-state index in [1.54, 1.807) is 32.2 Å². The summed E-state index contributed by atoms with van der Waals surface area (Å²) in [7, 11) is 1.33. The van der Waals surface area contributed by atoms with E-state index in [1.165, 1.54) is 7.11 Å². The van der Waals surface area contributed by atoms with Gasteiger partial charge in [0.15, 0.2) is 0 Å². The summed E-state index contributed by atoms with van der Waals surface area (Å²) in [5.41, 5.74) is 5.82. The number of nitrogens with zero attached hydrogens (tertiary/aromatic N) is 1. The summed E-state index contributed by atoms with van der Waals surface area (Å²) in [4.78, 5) is 15.5. The molecule has 1 aromatic heterocycles. The van der Waals surface area contributed by atoms with Crippen LogP contribution in [0.2, 0.25) is 5.15 Å². The molecule has 0 radical (unpaired) electrons. The number of nitrogens with two attached hydrogens (primary N) is 1. The fourth-order valence-electron chi connectivity index (χ4n) is 1.41. The maximum absolute atomic E-state index is 11.6. The minimum absolute atomic E-state index is 0. The van der Waals surface area contributed by atoms with Gasteiger partial charge in [-0.05, 0) is 19.9 Å². The van der Waals surface area contributed by atoms with Gasteiger partial charge < -0.3 is 10.5 Å². The van der Waals surface area contributed by atoms with E-state index in [0.717, 1.165) is 0 Å². The Kier molecular flexibility index (Phi) is 5.88. The first kappa shape index (κ1) is 16.2. The Bertz CT molecular complexity index is 397. The zero-order chi connectivity index (χ0) is 12.3. The van der Waals surface area contributed by atoms with Crippen LogP contribution in [0, 0.1) is 5.41 Å². The van der Waals surface area contributed by atoms with Gasteiger partial charge in [-0.15, -0.1) is 12.4 Å². The molecule has 0 aliphatic rings. The van der Waals surface area contributed by atoms with E-state index < -0.39 is 11.5 Å². The largest absolute Gasteiger partial charge is 0.469 e. The fraction of sp³-hybridized carbons (Fsp3) is 0.455. The molecule has 1 atom stereocenters. The molecule has 0 aromatic carbocycles. The number of rotatable bonds is 3.